The lowest BCUT2D eigenvalue weighted by molar-refractivity contribution is -0.123. The maximum absolute atomic E-state index is 14.0. The molecule has 0 saturated carbocycles. The summed E-state index contributed by atoms with van der Waals surface area (Å²) in [6, 6.07) is 14.4. The van der Waals surface area contributed by atoms with Crippen LogP contribution in [0, 0.1) is 19.7 Å². The first kappa shape index (κ1) is 23.0. The van der Waals surface area contributed by atoms with Gasteiger partial charge >= 0.3 is 12.0 Å². The van der Waals surface area contributed by atoms with Crippen LogP contribution in [0.2, 0.25) is 0 Å². The molecule has 3 aromatic rings. The molecule has 1 N–H and O–H groups in total. The second kappa shape index (κ2) is 9.35. The highest BCUT2D eigenvalue weighted by Gasteiger charge is 2.34. The van der Waals surface area contributed by atoms with Crippen molar-refractivity contribution in [1.82, 2.24) is 14.8 Å². The Balaban J connectivity index is 1.59. The molecule has 1 aliphatic heterocycles. The minimum Gasteiger partial charge on any atom is -0.462 e. The van der Waals surface area contributed by atoms with Gasteiger partial charge in [0.05, 0.1) is 18.7 Å². The monoisotopic (exact) mass is 461 g/mol. The van der Waals surface area contributed by atoms with Crippen LogP contribution in [0.3, 0.4) is 0 Å². The highest BCUT2D eigenvalue weighted by Crippen LogP contribution is 2.25. The summed E-state index contributed by atoms with van der Waals surface area (Å²) in [5, 5.41) is 2.58. The van der Waals surface area contributed by atoms with Crippen molar-refractivity contribution in [2.75, 3.05) is 6.61 Å². The molecular weight excluding hydrogens is 437 g/mol. The van der Waals surface area contributed by atoms with Gasteiger partial charge in [-0.2, -0.15) is 0 Å². The molecular formula is C26H24FN3O4. The summed E-state index contributed by atoms with van der Waals surface area (Å²) in [5.74, 6) is -1.37. The zero-order valence-corrected chi connectivity index (χ0v) is 19.1. The maximum atomic E-state index is 14.0. The molecule has 34 heavy (non-hydrogen) atoms. The summed E-state index contributed by atoms with van der Waals surface area (Å²) < 4.78 is 21.0. The Kier molecular flexibility index (Phi) is 6.32. The molecule has 3 amide bonds. The van der Waals surface area contributed by atoms with Gasteiger partial charge in [0, 0.05) is 22.6 Å². The Labute approximate surface area is 196 Å². The number of aryl methyl sites for hydroxylation is 1. The lowest BCUT2D eigenvalue weighted by Gasteiger charge is -2.12. The molecule has 0 aliphatic carbocycles. The second-order valence-electron chi connectivity index (χ2n) is 7.90. The first-order chi connectivity index (χ1) is 16.3. The Morgan fingerprint density at radius 2 is 1.79 bits per heavy atom. The third-order valence-electron chi connectivity index (χ3n) is 5.66. The Hall–Kier alpha value is -4.20. The van der Waals surface area contributed by atoms with Gasteiger partial charge in [0.2, 0.25) is 0 Å². The quantitative estimate of drug-likeness (QED) is 0.333. The minimum absolute atomic E-state index is 0.124. The summed E-state index contributed by atoms with van der Waals surface area (Å²) in [4.78, 5) is 38.2. The van der Waals surface area contributed by atoms with Crippen LogP contribution in [-0.2, 0) is 16.1 Å². The lowest BCUT2D eigenvalue weighted by atomic mass is 10.2. The van der Waals surface area contributed by atoms with Crippen molar-refractivity contribution in [2.24, 2.45) is 0 Å². The number of nitrogens with zero attached hydrogens (tertiary/aromatic N) is 2. The molecule has 0 unspecified atom stereocenters. The Morgan fingerprint density at radius 3 is 2.47 bits per heavy atom. The van der Waals surface area contributed by atoms with Gasteiger partial charge in [0.25, 0.3) is 5.91 Å². The van der Waals surface area contributed by atoms with E-state index in [2.05, 4.69) is 5.32 Å². The van der Waals surface area contributed by atoms with Crippen LogP contribution in [0.25, 0.3) is 11.8 Å². The summed E-state index contributed by atoms with van der Waals surface area (Å²) in [7, 11) is 0. The number of nitrogens with one attached hydrogen (secondary N) is 1. The van der Waals surface area contributed by atoms with E-state index in [1.54, 1.807) is 43.3 Å². The Morgan fingerprint density at radius 1 is 1.09 bits per heavy atom. The molecule has 2 heterocycles. The van der Waals surface area contributed by atoms with Crippen molar-refractivity contribution in [3.63, 3.8) is 0 Å². The van der Waals surface area contributed by atoms with E-state index in [1.165, 1.54) is 6.07 Å². The molecule has 0 atom stereocenters. The van der Waals surface area contributed by atoms with E-state index in [-0.39, 0.29) is 23.8 Å². The van der Waals surface area contributed by atoms with Crippen LogP contribution in [0.5, 0.6) is 0 Å². The number of hydrogen-bond acceptors (Lipinski definition) is 4. The first-order valence-corrected chi connectivity index (χ1v) is 10.8. The summed E-state index contributed by atoms with van der Waals surface area (Å²) in [6.07, 6.45) is 1.62. The van der Waals surface area contributed by atoms with Crippen molar-refractivity contribution in [2.45, 2.75) is 27.3 Å². The number of rotatable bonds is 6. The highest BCUT2D eigenvalue weighted by molar-refractivity contribution is 6.14. The number of benzene rings is 2. The summed E-state index contributed by atoms with van der Waals surface area (Å²) in [5.41, 5.74) is 4.20. The molecule has 1 aliphatic rings. The highest BCUT2D eigenvalue weighted by atomic mass is 19.1. The number of esters is 1. The van der Waals surface area contributed by atoms with E-state index in [1.807, 2.05) is 36.6 Å². The normalized spacial score (nSPS) is 14.6. The lowest BCUT2D eigenvalue weighted by Crippen LogP contribution is -2.30. The first-order valence-electron chi connectivity index (χ1n) is 10.8. The number of aromatic nitrogens is 1. The van der Waals surface area contributed by atoms with E-state index in [0.29, 0.717) is 12.2 Å². The molecule has 0 spiro atoms. The van der Waals surface area contributed by atoms with E-state index in [4.69, 9.17) is 4.74 Å². The molecule has 0 bridgehead atoms. The molecule has 7 nitrogen and oxygen atoms in total. The maximum Gasteiger partial charge on any atom is 0.338 e. The predicted molar refractivity (Wildman–Crippen MR) is 125 cm³/mol. The molecule has 1 saturated heterocycles. The fourth-order valence-electron chi connectivity index (χ4n) is 3.96. The van der Waals surface area contributed by atoms with Crippen LogP contribution in [0.4, 0.5) is 9.18 Å². The van der Waals surface area contributed by atoms with Crippen molar-refractivity contribution >= 4 is 24.0 Å². The third-order valence-corrected chi connectivity index (χ3v) is 5.66. The van der Waals surface area contributed by atoms with Gasteiger partial charge in [-0.25, -0.2) is 14.0 Å². The van der Waals surface area contributed by atoms with Crippen molar-refractivity contribution in [3.05, 3.63) is 94.2 Å². The predicted octanol–water partition coefficient (Wildman–Crippen LogP) is 4.50. The van der Waals surface area contributed by atoms with Crippen LogP contribution >= 0.6 is 0 Å². The third kappa shape index (κ3) is 4.34. The zero-order valence-electron chi connectivity index (χ0n) is 19.1. The van der Waals surface area contributed by atoms with Gasteiger partial charge in [-0.3, -0.25) is 9.69 Å². The summed E-state index contributed by atoms with van der Waals surface area (Å²) in [6.45, 7) is 5.73. The van der Waals surface area contributed by atoms with Gasteiger partial charge in [-0.05, 0) is 68.8 Å². The number of carbonyl (C=O) groups excluding carboxylic acids is 3. The number of hydrogen-bond donors (Lipinski definition) is 1. The minimum atomic E-state index is -0.595. The van der Waals surface area contributed by atoms with Crippen LogP contribution in [0.15, 0.2) is 60.3 Å². The van der Waals surface area contributed by atoms with Crippen molar-refractivity contribution in [1.29, 1.82) is 0 Å². The number of carbonyl (C=O) groups is 3. The topological polar surface area (TPSA) is 80.6 Å². The standard InChI is InChI=1S/C26H24FN3O4/c1-4-34-25(32)18-9-11-21(12-10-18)30-16(2)13-20(17(30)3)14-23-24(31)29(26(33)28-23)15-19-7-5-6-8-22(19)27/h5-14H,4,15H2,1-3H3,(H,28,33)/b23-14+. The van der Waals surface area contributed by atoms with Crippen molar-refractivity contribution in [3.8, 4) is 5.69 Å². The van der Waals surface area contributed by atoms with Gasteiger partial charge in [-0.15, -0.1) is 0 Å². The number of halogens is 1. The van der Waals surface area contributed by atoms with Gasteiger partial charge in [0.1, 0.15) is 11.5 Å². The van der Waals surface area contributed by atoms with Gasteiger partial charge in [-0.1, -0.05) is 18.2 Å². The van der Waals surface area contributed by atoms with E-state index in [9.17, 15) is 18.8 Å². The smallest absolute Gasteiger partial charge is 0.338 e. The number of ether oxygens (including phenoxy) is 1. The molecule has 2 aromatic carbocycles. The number of urea groups is 1. The van der Waals surface area contributed by atoms with Crippen LogP contribution < -0.4 is 5.32 Å². The molecule has 4 rings (SSSR count). The Bertz CT molecular complexity index is 1310. The number of imide groups is 1. The molecule has 1 fully saturated rings. The zero-order chi connectivity index (χ0) is 24.4. The molecule has 1 aromatic heterocycles. The SMILES string of the molecule is CCOC(=O)c1ccc(-n2c(C)cc(/C=C3/NC(=O)N(Cc4ccccc4F)C3=O)c2C)cc1. The largest absolute Gasteiger partial charge is 0.462 e. The van der Waals surface area contributed by atoms with E-state index in [0.717, 1.165) is 27.5 Å². The fourth-order valence-corrected chi connectivity index (χ4v) is 3.96. The van der Waals surface area contributed by atoms with Crippen molar-refractivity contribution < 1.29 is 23.5 Å². The molecule has 8 heteroatoms. The van der Waals surface area contributed by atoms with Crippen LogP contribution in [0.1, 0.15) is 39.8 Å². The average molecular weight is 461 g/mol. The molecule has 174 valence electrons. The average Bonchev–Trinajstić information content (AvgIpc) is 3.24. The fraction of sp³-hybridized carbons (Fsp3) is 0.192. The number of amides is 3. The van der Waals surface area contributed by atoms with Crippen LogP contribution in [-0.4, -0.2) is 34.0 Å². The molecule has 0 radical (unpaired) electrons. The van der Waals surface area contributed by atoms with Gasteiger partial charge in [0.15, 0.2) is 0 Å². The van der Waals surface area contributed by atoms with E-state index < -0.39 is 17.8 Å². The summed E-state index contributed by atoms with van der Waals surface area (Å²) >= 11 is 0. The van der Waals surface area contributed by atoms with E-state index >= 15 is 0 Å². The second-order valence-corrected chi connectivity index (χ2v) is 7.90. The van der Waals surface area contributed by atoms with Gasteiger partial charge < -0.3 is 14.6 Å².